The number of fused-ring (bicyclic) bond motifs is 1. The zero-order valence-electron chi connectivity index (χ0n) is 20.0. The lowest BCUT2D eigenvalue weighted by atomic mass is 10.1. The summed E-state index contributed by atoms with van der Waals surface area (Å²) in [6.07, 6.45) is -2.80. The number of rotatable bonds is 7. The number of alkyl halides is 2. The lowest BCUT2D eigenvalue weighted by molar-refractivity contribution is 0.0241. The summed E-state index contributed by atoms with van der Waals surface area (Å²) >= 11 is -2.27. The number of hydrogen-bond donors (Lipinski definition) is 1. The van der Waals surface area contributed by atoms with Crippen LogP contribution in [0.2, 0.25) is 0 Å². The predicted molar refractivity (Wildman–Crippen MR) is 128 cm³/mol. The summed E-state index contributed by atoms with van der Waals surface area (Å²) in [5.41, 5.74) is 3.16. The molecule has 1 aliphatic rings. The van der Waals surface area contributed by atoms with E-state index in [1.165, 1.54) is 4.31 Å². The number of anilines is 1. The van der Waals surface area contributed by atoms with Crippen molar-refractivity contribution in [3.05, 3.63) is 65.0 Å². The van der Waals surface area contributed by atoms with Crippen LogP contribution in [0.1, 0.15) is 49.8 Å². The van der Waals surface area contributed by atoms with Gasteiger partial charge in [-0.15, -0.1) is 10.2 Å². The van der Waals surface area contributed by atoms with Crippen molar-refractivity contribution in [1.29, 1.82) is 0 Å². The molecule has 1 aliphatic heterocycles. The fraction of sp³-hybridized carbons (Fsp3) is 0.375. The van der Waals surface area contributed by atoms with Crippen molar-refractivity contribution in [2.75, 3.05) is 10.8 Å². The number of carbonyl (C=O) groups excluding carboxylic acids is 1. The van der Waals surface area contributed by atoms with Gasteiger partial charge in [0.1, 0.15) is 5.60 Å². The van der Waals surface area contributed by atoms with Crippen molar-refractivity contribution in [2.45, 2.75) is 52.3 Å². The zero-order chi connectivity index (χ0) is 26.0. The third-order valence-corrected chi connectivity index (χ3v) is 6.24. The van der Waals surface area contributed by atoms with Gasteiger partial charge < -0.3 is 9.15 Å². The van der Waals surface area contributed by atoms with Gasteiger partial charge in [-0.1, -0.05) is 18.2 Å². The molecule has 3 aromatic rings. The third kappa shape index (κ3) is 6.05. The Bertz CT molecular complexity index is 1260. The van der Waals surface area contributed by atoms with E-state index in [-0.39, 0.29) is 12.4 Å². The highest BCUT2D eigenvalue weighted by Crippen LogP contribution is 2.29. The van der Waals surface area contributed by atoms with Gasteiger partial charge in [0.05, 0.1) is 5.69 Å². The van der Waals surface area contributed by atoms with Gasteiger partial charge in [0.25, 0.3) is 17.2 Å². The smallest absolute Gasteiger partial charge is 0.410 e. The van der Waals surface area contributed by atoms with Gasteiger partial charge >= 0.3 is 12.5 Å². The number of benzene rings is 2. The van der Waals surface area contributed by atoms with Gasteiger partial charge in [-0.2, -0.15) is 8.78 Å². The minimum Gasteiger partial charge on any atom is -0.444 e. The van der Waals surface area contributed by atoms with E-state index >= 15 is 0 Å². The first-order valence-corrected chi connectivity index (χ1v) is 12.3. The van der Waals surface area contributed by atoms with E-state index in [1.54, 1.807) is 35.2 Å². The number of amides is 1. The molecule has 1 unspecified atom stereocenters. The van der Waals surface area contributed by atoms with Crippen LogP contribution in [0.15, 0.2) is 46.9 Å². The molecule has 36 heavy (non-hydrogen) atoms. The van der Waals surface area contributed by atoms with Gasteiger partial charge in [-0.3, -0.25) is 13.8 Å². The number of halogens is 2. The molecule has 0 aliphatic carbocycles. The van der Waals surface area contributed by atoms with Crippen LogP contribution < -0.4 is 4.31 Å². The first-order chi connectivity index (χ1) is 17.0. The van der Waals surface area contributed by atoms with Gasteiger partial charge in [0.15, 0.2) is 0 Å². The van der Waals surface area contributed by atoms with Crippen LogP contribution in [0.5, 0.6) is 0 Å². The Labute approximate surface area is 209 Å². The summed E-state index contributed by atoms with van der Waals surface area (Å²) in [5.74, 6) is -0.743. The quantitative estimate of drug-likeness (QED) is 0.431. The number of carbonyl (C=O) groups is 1. The first kappa shape index (κ1) is 25.7. The summed E-state index contributed by atoms with van der Waals surface area (Å²) in [6, 6.07) is 12.3. The Kier molecular flexibility index (Phi) is 7.36. The van der Waals surface area contributed by atoms with Crippen LogP contribution in [-0.4, -0.2) is 42.1 Å². The second-order valence-electron chi connectivity index (χ2n) is 9.32. The predicted octanol–water partition coefficient (Wildman–Crippen LogP) is 5.11. The summed E-state index contributed by atoms with van der Waals surface area (Å²) in [7, 11) is 0. The molecule has 1 aromatic heterocycles. The Balaban J connectivity index is 1.41. The highest BCUT2D eigenvalue weighted by molar-refractivity contribution is 7.80. The van der Waals surface area contributed by atoms with E-state index in [2.05, 4.69) is 10.2 Å². The molecule has 0 saturated carbocycles. The minimum absolute atomic E-state index is 0.00601. The highest BCUT2D eigenvalue weighted by atomic mass is 32.2. The summed E-state index contributed by atoms with van der Waals surface area (Å²) < 4.78 is 59.1. The van der Waals surface area contributed by atoms with Crippen molar-refractivity contribution < 1.29 is 31.5 Å². The molecule has 1 atom stereocenters. The molecular formula is C24H26F2N4O5S. The fourth-order valence-corrected chi connectivity index (χ4v) is 4.31. The van der Waals surface area contributed by atoms with E-state index in [0.29, 0.717) is 30.8 Å². The molecule has 192 valence electrons. The van der Waals surface area contributed by atoms with Crippen LogP contribution in [0.4, 0.5) is 19.3 Å². The van der Waals surface area contributed by atoms with Crippen molar-refractivity contribution in [3.63, 3.8) is 0 Å². The molecular weight excluding hydrogens is 494 g/mol. The van der Waals surface area contributed by atoms with Crippen molar-refractivity contribution in [2.24, 2.45) is 0 Å². The Morgan fingerprint density at radius 3 is 2.47 bits per heavy atom. The third-order valence-electron chi connectivity index (χ3n) is 5.47. The second-order valence-corrected chi connectivity index (χ2v) is 10.2. The van der Waals surface area contributed by atoms with Gasteiger partial charge in [0, 0.05) is 25.2 Å². The van der Waals surface area contributed by atoms with Crippen molar-refractivity contribution >= 4 is 23.0 Å². The fourth-order valence-electron chi connectivity index (χ4n) is 3.77. The lowest BCUT2D eigenvalue weighted by Gasteiger charge is -2.24. The zero-order valence-corrected chi connectivity index (χ0v) is 20.8. The molecule has 2 heterocycles. The molecule has 12 heteroatoms. The van der Waals surface area contributed by atoms with E-state index in [1.807, 2.05) is 32.9 Å². The van der Waals surface area contributed by atoms with E-state index in [9.17, 15) is 22.3 Å². The molecule has 0 bridgehead atoms. The maximum Gasteiger partial charge on any atom is 0.410 e. The summed E-state index contributed by atoms with van der Waals surface area (Å²) in [6.45, 7) is 6.44. The van der Waals surface area contributed by atoms with Crippen LogP contribution in [0.25, 0.3) is 11.5 Å². The van der Waals surface area contributed by atoms with E-state index < -0.39 is 35.3 Å². The maximum atomic E-state index is 12.7. The maximum absolute atomic E-state index is 12.7. The Hall–Kier alpha value is -3.38. The van der Waals surface area contributed by atoms with Crippen LogP contribution >= 0.6 is 0 Å². The SMILES string of the molecule is CC(C)(C)OC(=O)N1Cc2ccc(N(CCc3ccc(-c4nnc(C(F)F)o4)cc3)S(=O)O)cc2C1. The molecule has 4 rings (SSSR count). The second kappa shape index (κ2) is 10.3. The molecule has 9 nitrogen and oxygen atoms in total. The van der Waals surface area contributed by atoms with Crippen molar-refractivity contribution in [3.8, 4) is 11.5 Å². The number of nitrogens with zero attached hydrogens (tertiary/aromatic N) is 4. The summed E-state index contributed by atoms with van der Waals surface area (Å²) in [5, 5.41) is 6.94. The Morgan fingerprint density at radius 1 is 1.17 bits per heavy atom. The average Bonchev–Trinajstić information content (AvgIpc) is 3.46. The topological polar surface area (TPSA) is 109 Å². The largest absolute Gasteiger partial charge is 0.444 e. The first-order valence-electron chi connectivity index (χ1n) is 11.2. The van der Waals surface area contributed by atoms with Gasteiger partial charge in [0.2, 0.25) is 5.89 Å². The highest BCUT2D eigenvalue weighted by Gasteiger charge is 2.28. The molecule has 0 fully saturated rings. The normalized spacial score (nSPS) is 14.1. The molecule has 0 spiro atoms. The summed E-state index contributed by atoms with van der Waals surface area (Å²) in [4.78, 5) is 14.0. The number of ether oxygens (including phenoxy) is 1. The molecule has 2 aromatic carbocycles. The number of hydrogen-bond acceptors (Lipinski definition) is 6. The minimum atomic E-state index is -2.84. The van der Waals surface area contributed by atoms with Crippen molar-refractivity contribution in [1.82, 2.24) is 15.1 Å². The number of aromatic nitrogens is 2. The average molecular weight is 521 g/mol. The van der Waals surface area contributed by atoms with Gasteiger partial charge in [-0.05, 0) is 68.1 Å². The standard InChI is InChI=1S/C24H26F2N4O5S/c1-24(2,3)35-23(31)29-13-17-8-9-19(12-18(17)14-29)30(36(32)33)11-10-15-4-6-16(7-5-15)21-27-28-22(34-21)20(25)26/h4-9,12,20H,10-11,13-14H2,1-3H3,(H,32,33). The van der Waals surface area contributed by atoms with Crippen LogP contribution in [0.3, 0.4) is 0 Å². The molecule has 0 radical (unpaired) electrons. The Morgan fingerprint density at radius 2 is 1.86 bits per heavy atom. The van der Waals surface area contributed by atoms with Crippen LogP contribution in [-0.2, 0) is 35.5 Å². The molecule has 0 saturated heterocycles. The van der Waals surface area contributed by atoms with E-state index in [4.69, 9.17) is 9.15 Å². The molecule has 1 amide bonds. The van der Waals surface area contributed by atoms with E-state index in [0.717, 1.165) is 16.7 Å². The lowest BCUT2D eigenvalue weighted by Crippen LogP contribution is -2.33. The van der Waals surface area contributed by atoms with Gasteiger partial charge in [-0.25, -0.2) is 9.00 Å². The molecule has 1 N–H and O–H groups in total. The van der Waals surface area contributed by atoms with Crippen LogP contribution in [0, 0.1) is 0 Å². The monoisotopic (exact) mass is 520 g/mol.